The van der Waals surface area contributed by atoms with E-state index in [2.05, 4.69) is 19.9 Å². The van der Waals surface area contributed by atoms with Gasteiger partial charge in [-0.2, -0.15) is 13.2 Å². The molecule has 0 saturated heterocycles. The van der Waals surface area contributed by atoms with Gasteiger partial charge in [-0.05, 0) is 65.0 Å². The summed E-state index contributed by atoms with van der Waals surface area (Å²) in [6, 6.07) is 14.6. The molecular weight excluding hydrogens is 489 g/mol. The van der Waals surface area contributed by atoms with Crippen molar-refractivity contribution in [3.63, 3.8) is 0 Å². The van der Waals surface area contributed by atoms with E-state index in [1.54, 1.807) is 24.3 Å². The minimum Gasteiger partial charge on any atom is -0.265 e. The SMILES string of the molecule is O=S(=O)(Cc1ccncn1)c1ccc2c(-c3ccc(C(F)(F)F)cc3-c3ccncc3)nccc2c1. The van der Waals surface area contributed by atoms with Crippen molar-refractivity contribution in [1.29, 1.82) is 0 Å². The lowest BCUT2D eigenvalue weighted by atomic mass is 9.93. The van der Waals surface area contributed by atoms with E-state index in [0.29, 0.717) is 38.9 Å². The first-order chi connectivity index (χ1) is 17.2. The van der Waals surface area contributed by atoms with Crippen molar-refractivity contribution >= 4 is 20.6 Å². The summed E-state index contributed by atoms with van der Waals surface area (Å²) in [5, 5.41) is 1.19. The zero-order valence-electron chi connectivity index (χ0n) is 18.5. The molecule has 5 aromatic rings. The lowest BCUT2D eigenvalue weighted by molar-refractivity contribution is -0.137. The maximum Gasteiger partial charge on any atom is 0.416 e. The van der Waals surface area contributed by atoms with Crippen molar-refractivity contribution in [2.75, 3.05) is 0 Å². The Labute approximate surface area is 204 Å². The van der Waals surface area contributed by atoms with Crippen LogP contribution in [0, 0.1) is 0 Å². The van der Waals surface area contributed by atoms with Gasteiger partial charge in [-0.15, -0.1) is 0 Å². The molecule has 0 aliphatic heterocycles. The van der Waals surface area contributed by atoms with Gasteiger partial charge >= 0.3 is 6.18 Å². The summed E-state index contributed by atoms with van der Waals surface area (Å²) in [6.07, 6.45) is 2.76. The van der Waals surface area contributed by atoms with E-state index in [4.69, 9.17) is 0 Å². The van der Waals surface area contributed by atoms with Crippen LogP contribution in [0.5, 0.6) is 0 Å². The van der Waals surface area contributed by atoms with Crippen LogP contribution in [-0.4, -0.2) is 28.4 Å². The molecule has 0 N–H and O–H groups in total. The highest BCUT2D eigenvalue weighted by Crippen LogP contribution is 2.39. The fourth-order valence-corrected chi connectivity index (χ4v) is 5.25. The molecule has 0 fully saturated rings. The number of pyridine rings is 2. The second kappa shape index (κ2) is 9.12. The normalized spacial score (nSPS) is 12.1. The number of hydrogen-bond acceptors (Lipinski definition) is 6. The van der Waals surface area contributed by atoms with E-state index in [-0.39, 0.29) is 10.6 Å². The van der Waals surface area contributed by atoms with E-state index in [1.165, 1.54) is 55.4 Å². The van der Waals surface area contributed by atoms with Crippen molar-refractivity contribution in [3.8, 4) is 22.4 Å². The Morgan fingerprint density at radius 2 is 1.53 bits per heavy atom. The maximum atomic E-state index is 13.5. The number of halogens is 3. The Balaban J connectivity index is 1.64. The van der Waals surface area contributed by atoms with Crippen molar-refractivity contribution in [2.45, 2.75) is 16.8 Å². The van der Waals surface area contributed by atoms with Gasteiger partial charge in [0.05, 0.1) is 27.6 Å². The average Bonchev–Trinajstić information content (AvgIpc) is 2.88. The number of fused-ring (bicyclic) bond motifs is 1. The molecule has 0 saturated carbocycles. The predicted octanol–water partition coefficient (Wildman–Crippen LogP) is 5.75. The van der Waals surface area contributed by atoms with Crippen molar-refractivity contribution < 1.29 is 21.6 Å². The summed E-state index contributed by atoms with van der Waals surface area (Å²) in [7, 11) is -3.70. The van der Waals surface area contributed by atoms with Gasteiger partial charge in [-0.1, -0.05) is 12.1 Å². The summed E-state index contributed by atoms with van der Waals surface area (Å²) >= 11 is 0. The van der Waals surface area contributed by atoms with E-state index >= 15 is 0 Å². The molecule has 3 aromatic heterocycles. The molecule has 180 valence electrons. The molecule has 3 heterocycles. The fraction of sp³-hybridized carbons (Fsp3) is 0.0769. The summed E-state index contributed by atoms with van der Waals surface area (Å²) in [5.74, 6) is -0.288. The van der Waals surface area contributed by atoms with Crippen LogP contribution in [0.15, 0.2) is 96.7 Å². The third kappa shape index (κ3) is 4.67. The van der Waals surface area contributed by atoms with Crippen molar-refractivity contribution in [2.24, 2.45) is 0 Å². The highest BCUT2D eigenvalue weighted by atomic mass is 32.2. The Morgan fingerprint density at radius 3 is 2.25 bits per heavy atom. The predicted molar refractivity (Wildman–Crippen MR) is 128 cm³/mol. The van der Waals surface area contributed by atoms with E-state index < -0.39 is 21.6 Å². The van der Waals surface area contributed by atoms with Gasteiger partial charge in [0.1, 0.15) is 6.33 Å². The first kappa shape index (κ1) is 23.6. The van der Waals surface area contributed by atoms with Gasteiger partial charge in [-0.3, -0.25) is 9.97 Å². The van der Waals surface area contributed by atoms with Gasteiger partial charge in [0.15, 0.2) is 9.84 Å². The molecule has 36 heavy (non-hydrogen) atoms. The molecule has 0 unspecified atom stereocenters. The summed E-state index contributed by atoms with van der Waals surface area (Å²) in [5.41, 5.74) is 1.40. The average molecular weight is 507 g/mol. The largest absolute Gasteiger partial charge is 0.416 e. The maximum absolute atomic E-state index is 13.5. The van der Waals surface area contributed by atoms with Gasteiger partial charge in [0.25, 0.3) is 0 Å². The fourth-order valence-electron chi connectivity index (χ4n) is 3.94. The van der Waals surface area contributed by atoms with Crippen molar-refractivity contribution in [3.05, 3.63) is 103 Å². The summed E-state index contributed by atoms with van der Waals surface area (Å²) in [4.78, 5) is 16.3. The first-order valence-electron chi connectivity index (χ1n) is 10.7. The van der Waals surface area contributed by atoms with Crippen LogP contribution in [0.25, 0.3) is 33.2 Å². The Kier molecular flexibility index (Phi) is 5.97. The van der Waals surface area contributed by atoms with Crippen LogP contribution < -0.4 is 0 Å². The lowest BCUT2D eigenvalue weighted by Crippen LogP contribution is -2.06. The second-order valence-electron chi connectivity index (χ2n) is 8.00. The van der Waals surface area contributed by atoms with Crippen LogP contribution in [0.1, 0.15) is 11.3 Å². The molecular formula is C26H17F3N4O2S. The number of rotatable bonds is 5. The zero-order valence-corrected chi connectivity index (χ0v) is 19.3. The smallest absolute Gasteiger partial charge is 0.265 e. The standard InChI is InChI=1S/C26H17F3N4O2S/c27-26(28,29)19-1-3-23(24(14-19)17-5-9-30-10-6-17)25-22-4-2-21(13-18(22)7-12-32-25)36(34,35)15-20-8-11-31-16-33-20/h1-14,16H,15H2. The van der Waals surface area contributed by atoms with E-state index in [0.717, 1.165) is 12.1 Å². The molecule has 2 aromatic carbocycles. The molecule has 0 spiro atoms. The number of benzene rings is 2. The quantitative estimate of drug-likeness (QED) is 0.302. The van der Waals surface area contributed by atoms with Gasteiger partial charge in [0.2, 0.25) is 0 Å². The Morgan fingerprint density at radius 1 is 0.750 bits per heavy atom. The topological polar surface area (TPSA) is 85.7 Å². The van der Waals surface area contributed by atoms with Crippen LogP contribution in [0.2, 0.25) is 0 Å². The monoisotopic (exact) mass is 506 g/mol. The number of sulfone groups is 1. The first-order valence-corrected chi connectivity index (χ1v) is 12.4. The zero-order chi connectivity index (χ0) is 25.3. The molecule has 10 heteroatoms. The lowest BCUT2D eigenvalue weighted by Gasteiger charge is -2.15. The number of hydrogen-bond donors (Lipinski definition) is 0. The molecule has 0 aliphatic carbocycles. The highest BCUT2D eigenvalue weighted by molar-refractivity contribution is 7.90. The van der Waals surface area contributed by atoms with Gasteiger partial charge in [0, 0.05) is 35.7 Å². The van der Waals surface area contributed by atoms with Crippen LogP contribution >= 0.6 is 0 Å². The molecule has 0 aliphatic rings. The Hall–Kier alpha value is -4.18. The van der Waals surface area contributed by atoms with Crippen LogP contribution in [0.4, 0.5) is 13.2 Å². The Bertz CT molecular complexity index is 1660. The molecule has 5 rings (SSSR count). The van der Waals surface area contributed by atoms with E-state index in [9.17, 15) is 21.6 Å². The minimum atomic E-state index is -4.51. The molecule has 0 bridgehead atoms. The highest BCUT2D eigenvalue weighted by Gasteiger charge is 2.31. The molecule has 0 amide bonds. The van der Waals surface area contributed by atoms with E-state index in [1.807, 2.05) is 0 Å². The number of nitrogens with zero attached hydrogens (tertiary/aromatic N) is 4. The minimum absolute atomic E-state index is 0.104. The summed E-state index contributed by atoms with van der Waals surface area (Å²) in [6.45, 7) is 0. The third-order valence-electron chi connectivity index (χ3n) is 5.67. The van der Waals surface area contributed by atoms with Gasteiger partial charge < -0.3 is 0 Å². The third-order valence-corrected chi connectivity index (χ3v) is 7.32. The van der Waals surface area contributed by atoms with Gasteiger partial charge in [-0.25, -0.2) is 18.4 Å². The molecule has 6 nitrogen and oxygen atoms in total. The van der Waals surface area contributed by atoms with Crippen LogP contribution in [0.3, 0.4) is 0 Å². The number of aromatic nitrogens is 4. The van der Waals surface area contributed by atoms with Crippen LogP contribution in [-0.2, 0) is 21.8 Å². The molecule has 0 atom stereocenters. The van der Waals surface area contributed by atoms with Crippen molar-refractivity contribution in [1.82, 2.24) is 19.9 Å². The second-order valence-corrected chi connectivity index (χ2v) is 9.99. The summed E-state index contributed by atoms with van der Waals surface area (Å²) < 4.78 is 66.4. The molecule has 0 radical (unpaired) electrons. The number of alkyl halides is 3.